The molecule has 0 radical (unpaired) electrons. The molecule has 0 bridgehead atoms. The first-order chi connectivity index (χ1) is 7.67. The monoisotopic (exact) mass is 239 g/mol. The molecule has 0 N–H and O–H groups in total. The fraction of sp³-hybridized carbons (Fsp3) is 0.417. The van der Waals surface area contributed by atoms with E-state index in [1.807, 2.05) is 0 Å². The molecule has 0 fully saturated rings. The maximum atomic E-state index is 10.8. The molecule has 1 aromatic rings. The van der Waals surface area contributed by atoms with E-state index in [1.54, 1.807) is 12.1 Å². The number of anilines is 1. The summed E-state index contributed by atoms with van der Waals surface area (Å²) in [6, 6.07) is 3.84. The molecule has 1 atom stereocenters. The summed E-state index contributed by atoms with van der Waals surface area (Å²) in [5.41, 5.74) is 1.45. The van der Waals surface area contributed by atoms with Crippen LogP contribution in [0.3, 0.4) is 0 Å². The van der Waals surface area contributed by atoms with Gasteiger partial charge >= 0.3 is 0 Å². The maximum absolute atomic E-state index is 10.8. The maximum Gasteiger partial charge on any atom is 0.151 e. The SMILES string of the molecule is CCN1c2cc(Cl)c(C=O)cc2OCC1C. The van der Waals surface area contributed by atoms with Crippen LogP contribution in [0.25, 0.3) is 0 Å². The van der Waals surface area contributed by atoms with Crippen molar-refractivity contribution < 1.29 is 9.53 Å². The summed E-state index contributed by atoms with van der Waals surface area (Å²) in [4.78, 5) is 13.0. The van der Waals surface area contributed by atoms with Crippen molar-refractivity contribution in [3.05, 3.63) is 22.7 Å². The Morgan fingerprint density at radius 1 is 1.62 bits per heavy atom. The van der Waals surface area contributed by atoms with Crippen LogP contribution in [0.1, 0.15) is 24.2 Å². The smallest absolute Gasteiger partial charge is 0.151 e. The van der Waals surface area contributed by atoms with Gasteiger partial charge in [-0.2, -0.15) is 0 Å². The first-order valence-corrected chi connectivity index (χ1v) is 5.73. The zero-order valence-electron chi connectivity index (χ0n) is 9.37. The van der Waals surface area contributed by atoms with Crippen molar-refractivity contribution in [3.8, 4) is 5.75 Å². The van der Waals surface area contributed by atoms with E-state index in [2.05, 4.69) is 18.7 Å². The molecule has 1 aliphatic rings. The number of halogens is 1. The highest BCUT2D eigenvalue weighted by atomic mass is 35.5. The Balaban J connectivity index is 2.50. The van der Waals surface area contributed by atoms with Crippen molar-refractivity contribution in [1.82, 2.24) is 0 Å². The van der Waals surface area contributed by atoms with Gasteiger partial charge in [-0.1, -0.05) is 11.6 Å². The number of hydrogen-bond acceptors (Lipinski definition) is 3. The van der Waals surface area contributed by atoms with Gasteiger partial charge in [0, 0.05) is 12.1 Å². The molecule has 1 aromatic carbocycles. The van der Waals surface area contributed by atoms with Gasteiger partial charge in [-0.15, -0.1) is 0 Å². The largest absolute Gasteiger partial charge is 0.489 e. The molecule has 0 saturated heterocycles. The van der Waals surface area contributed by atoms with Gasteiger partial charge in [0.05, 0.1) is 16.8 Å². The van der Waals surface area contributed by atoms with Crippen molar-refractivity contribution in [1.29, 1.82) is 0 Å². The average Bonchev–Trinajstić information content (AvgIpc) is 2.28. The molecule has 0 saturated carbocycles. The Hall–Kier alpha value is -1.22. The third-order valence-electron chi connectivity index (χ3n) is 2.87. The Labute approximate surface area is 100.0 Å². The van der Waals surface area contributed by atoms with Crippen LogP contribution < -0.4 is 9.64 Å². The van der Waals surface area contributed by atoms with Crippen LogP contribution in [0.2, 0.25) is 5.02 Å². The van der Waals surface area contributed by atoms with Crippen LogP contribution in [-0.2, 0) is 0 Å². The molecule has 86 valence electrons. The van der Waals surface area contributed by atoms with Gasteiger partial charge in [-0.05, 0) is 26.0 Å². The highest BCUT2D eigenvalue weighted by Crippen LogP contribution is 2.37. The van der Waals surface area contributed by atoms with Crippen molar-refractivity contribution in [3.63, 3.8) is 0 Å². The summed E-state index contributed by atoms with van der Waals surface area (Å²) in [5.74, 6) is 0.742. The molecule has 3 nitrogen and oxygen atoms in total. The topological polar surface area (TPSA) is 29.5 Å². The number of hydrogen-bond donors (Lipinski definition) is 0. The van der Waals surface area contributed by atoms with Gasteiger partial charge < -0.3 is 9.64 Å². The number of rotatable bonds is 2. The molecular weight excluding hydrogens is 226 g/mol. The average molecular weight is 240 g/mol. The van der Waals surface area contributed by atoms with Gasteiger partial charge in [0.25, 0.3) is 0 Å². The Morgan fingerprint density at radius 3 is 3.00 bits per heavy atom. The number of fused-ring (bicyclic) bond motifs is 1. The summed E-state index contributed by atoms with van der Waals surface area (Å²) in [5, 5.41) is 0.477. The summed E-state index contributed by atoms with van der Waals surface area (Å²) in [7, 11) is 0. The molecule has 0 aliphatic carbocycles. The Morgan fingerprint density at radius 2 is 2.38 bits per heavy atom. The number of ether oxygens (including phenoxy) is 1. The minimum absolute atomic E-state index is 0.329. The zero-order chi connectivity index (χ0) is 11.7. The van der Waals surface area contributed by atoms with E-state index in [1.165, 1.54) is 0 Å². The van der Waals surface area contributed by atoms with E-state index in [9.17, 15) is 4.79 Å². The summed E-state index contributed by atoms with van der Waals surface area (Å²) in [6.45, 7) is 5.73. The lowest BCUT2D eigenvalue weighted by Crippen LogP contribution is -2.40. The molecule has 1 unspecified atom stereocenters. The lowest BCUT2D eigenvalue weighted by molar-refractivity contribution is 0.112. The molecule has 1 heterocycles. The van der Waals surface area contributed by atoms with Crippen molar-refractivity contribution in [2.45, 2.75) is 19.9 Å². The number of carbonyl (C=O) groups excluding carboxylic acids is 1. The van der Waals surface area contributed by atoms with E-state index >= 15 is 0 Å². The van der Waals surface area contributed by atoms with E-state index < -0.39 is 0 Å². The summed E-state index contributed by atoms with van der Waals surface area (Å²) in [6.07, 6.45) is 0.750. The molecule has 16 heavy (non-hydrogen) atoms. The summed E-state index contributed by atoms with van der Waals surface area (Å²) >= 11 is 6.02. The second-order valence-corrected chi connectivity index (χ2v) is 4.31. The second-order valence-electron chi connectivity index (χ2n) is 3.91. The number of aldehydes is 1. The molecule has 1 aliphatic heterocycles. The minimum Gasteiger partial charge on any atom is -0.489 e. The highest BCUT2D eigenvalue weighted by Gasteiger charge is 2.24. The van der Waals surface area contributed by atoms with Crippen LogP contribution >= 0.6 is 11.6 Å². The molecule has 0 spiro atoms. The van der Waals surface area contributed by atoms with Gasteiger partial charge in [0.1, 0.15) is 12.4 Å². The van der Waals surface area contributed by atoms with E-state index in [-0.39, 0.29) is 0 Å². The lowest BCUT2D eigenvalue weighted by atomic mass is 10.1. The first-order valence-electron chi connectivity index (χ1n) is 5.35. The van der Waals surface area contributed by atoms with Gasteiger partial charge in [0.2, 0.25) is 0 Å². The lowest BCUT2D eigenvalue weighted by Gasteiger charge is -2.36. The normalized spacial score (nSPS) is 18.9. The second kappa shape index (κ2) is 4.34. The number of nitrogens with zero attached hydrogens (tertiary/aromatic N) is 1. The van der Waals surface area contributed by atoms with Gasteiger partial charge in [-0.3, -0.25) is 4.79 Å². The van der Waals surface area contributed by atoms with Crippen LogP contribution in [-0.4, -0.2) is 25.5 Å². The van der Waals surface area contributed by atoms with E-state index in [0.717, 1.165) is 24.3 Å². The van der Waals surface area contributed by atoms with Crippen LogP contribution in [0.4, 0.5) is 5.69 Å². The van der Waals surface area contributed by atoms with Crippen LogP contribution in [0.15, 0.2) is 12.1 Å². The Bertz CT molecular complexity index is 420. The standard InChI is InChI=1S/C12H14ClNO2/c1-3-14-8(2)7-16-12-4-9(6-15)10(13)5-11(12)14/h4-6,8H,3,7H2,1-2H3. The molecule has 0 amide bonds. The van der Waals surface area contributed by atoms with Gasteiger partial charge in [0.15, 0.2) is 6.29 Å². The van der Waals surface area contributed by atoms with Crippen LogP contribution in [0, 0.1) is 0 Å². The predicted molar refractivity (Wildman–Crippen MR) is 64.8 cm³/mol. The highest BCUT2D eigenvalue weighted by molar-refractivity contribution is 6.33. The van der Waals surface area contributed by atoms with Gasteiger partial charge in [-0.25, -0.2) is 0 Å². The fourth-order valence-corrected chi connectivity index (χ4v) is 2.21. The number of likely N-dealkylation sites (N-methyl/N-ethyl adjacent to an activating group) is 1. The van der Waals surface area contributed by atoms with E-state index in [4.69, 9.17) is 16.3 Å². The van der Waals surface area contributed by atoms with E-state index in [0.29, 0.717) is 23.2 Å². The molecule has 4 heteroatoms. The van der Waals surface area contributed by atoms with Crippen LogP contribution in [0.5, 0.6) is 5.75 Å². The third-order valence-corrected chi connectivity index (χ3v) is 3.19. The quantitative estimate of drug-likeness (QED) is 0.744. The zero-order valence-corrected chi connectivity index (χ0v) is 10.1. The summed E-state index contributed by atoms with van der Waals surface area (Å²) < 4.78 is 5.61. The Kier molecular flexibility index (Phi) is 3.06. The fourth-order valence-electron chi connectivity index (χ4n) is 2.01. The van der Waals surface area contributed by atoms with Crippen molar-refractivity contribution in [2.75, 3.05) is 18.1 Å². The molecule has 2 rings (SSSR count). The molecule has 0 aromatic heterocycles. The first kappa shape index (κ1) is 11.3. The third kappa shape index (κ3) is 1.76. The predicted octanol–water partition coefficient (Wildman–Crippen LogP) is 2.76. The number of carbonyl (C=O) groups is 1. The van der Waals surface area contributed by atoms with Crippen molar-refractivity contribution in [2.24, 2.45) is 0 Å². The van der Waals surface area contributed by atoms with Crippen molar-refractivity contribution >= 4 is 23.6 Å². The number of benzene rings is 1. The molecular formula is C12H14ClNO2. The minimum atomic E-state index is 0.329.